The van der Waals surface area contributed by atoms with E-state index in [0.717, 1.165) is 5.56 Å². The van der Waals surface area contributed by atoms with Gasteiger partial charge in [-0.25, -0.2) is 9.59 Å². The maximum absolute atomic E-state index is 12.2. The number of carbonyl (C=O) groups excluding carboxylic acids is 3. The van der Waals surface area contributed by atoms with Gasteiger partial charge in [-0.05, 0) is 17.2 Å². The fourth-order valence-electron chi connectivity index (χ4n) is 2.23. The molecule has 142 valence electrons. The first-order chi connectivity index (χ1) is 13.0. The second-order valence-electron chi connectivity index (χ2n) is 5.63. The van der Waals surface area contributed by atoms with E-state index >= 15 is 0 Å². The summed E-state index contributed by atoms with van der Waals surface area (Å²) in [6, 6.07) is 14.9. The van der Waals surface area contributed by atoms with Gasteiger partial charge in [0.05, 0.1) is 0 Å². The zero-order chi connectivity index (χ0) is 19.6. The fraction of sp³-hybridized carbons (Fsp3) is 0.211. The molecule has 0 aromatic heterocycles. The minimum atomic E-state index is -1.09. The first-order valence-electron chi connectivity index (χ1n) is 8.11. The van der Waals surface area contributed by atoms with Gasteiger partial charge in [-0.15, -0.1) is 0 Å². The van der Waals surface area contributed by atoms with Crippen molar-refractivity contribution in [2.75, 3.05) is 6.61 Å². The standard InChI is InChI=1S/C19H19ClN2O5/c20-15-9-5-4-8-14(15)10-16(18(24)26-12-17(21)23)22-19(25)27-11-13-6-2-1-3-7-13/h1-9,16H,10-12H2,(H2,21,23)(H,22,25). The molecule has 3 N–H and O–H groups in total. The monoisotopic (exact) mass is 390 g/mol. The average molecular weight is 391 g/mol. The van der Waals surface area contributed by atoms with Gasteiger partial charge in [0.25, 0.3) is 5.91 Å². The Bertz CT molecular complexity index is 798. The van der Waals surface area contributed by atoms with Crippen LogP contribution in [0.15, 0.2) is 54.6 Å². The number of ether oxygens (including phenoxy) is 2. The van der Waals surface area contributed by atoms with E-state index in [1.165, 1.54) is 0 Å². The van der Waals surface area contributed by atoms with E-state index < -0.39 is 30.6 Å². The zero-order valence-electron chi connectivity index (χ0n) is 14.4. The SMILES string of the molecule is NC(=O)COC(=O)C(Cc1ccccc1Cl)NC(=O)OCc1ccccc1. The molecule has 2 aromatic carbocycles. The Labute approximate surface area is 161 Å². The van der Waals surface area contributed by atoms with Crippen molar-refractivity contribution in [3.05, 3.63) is 70.7 Å². The first-order valence-corrected chi connectivity index (χ1v) is 8.49. The van der Waals surface area contributed by atoms with Crippen LogP contribution < -0.4 is 11.1 Å². The molecule has 2 amide bonds. The Hall–Kier alpha value is -3.06. The van der Waals surface area contributed by atoms with E-state index in [-0.39, 0.29) is 13.0 Å². The van der Waals surface area contributed by atoms with E-state index in [2.05, 4.69) is 5.32 Å². The lowest BCUT2D eigenvalue weighted by Crippen LogP contribution is -2.44. The molecule has 8 heteroatoms. The molecule has 0 heterocycles. The molecule has 2 rings (SSSR count). The van der Waals surface area contributed by atoms with Crippen molar-refractivity contribution in [2.24, 2.45) is 5.73 Å². The Morgan fingerprint density at radius 2 is 1.67 bits per heavy atom. The summed E-state index contributed by atoms with van der Waals surface area (Å²) < 4.78 is 9.93. The Kier molecular flexibility index (Phi) is 7.63. The zero-order valence-corrected chi connectivity index (χ0v) is 15.1. The maximum Gasteiger partial charge on any atom is 0.408 e. The number of benzene rings is 2. The van der Waals surface area contributed by atoms with Crippen LogP contribution in [0, 0.1) is 0 Å². The summed E-state index contributed by atoms with van der Waals surface area (Å²) in [6.07, 6.45) is -0.732. The maximum atomic E-state index is 12.2. The normalized spacial score (nSPS) is 11.3. The van der Waals surface area contributed by atoms with E-state index in [4.69, 9.17) is 26.8 Å². The van der Waals surface area contributed by atoms with Crippen LogP contribution in [0.4, 0.5) is 4.79 Å². The van der Waals surface area contributed by atoms with Crippen LogP contribution in [0.5, 0.6) is 0 Å². The second-order valence-corrected chi connectivity index (χ2v) is 6.04. The molecule has 0 fully saturated rings. The fourth-order valence-corrected chi connectivity index (χ4v) is 2.44. The molecule has 0 aliphatic heterocycles. The summed E-state index contributed by atoms with van der Waals surface area (Å²) in [4.78, 5) is 35.1. The summed E-state index contributed by atoms with van der Waals surface area (Å²) >= 11 is 6.11. The third kappa shape index (κ3) is 6.99. The number of hydrogen-bond acceptors (Lipinski definition) is 5. The third-order valence-electron chi connectivity index (χ3n) is 3.53. The van der Waals surface area contributed by atoms with Crippen molar-refractivity contribution in [1.82, 2.24) is 5.32 Å². The van der Waals surface area contributed by atoms with Crippen molar-refractivity contribution >= 4 is 29.6 Å². The van der Waals surface area contributed by atoms with Gasteiger partial charge in [0.15, 0.2) is 6.61 Å². The van der Waals surface area contributed by atoms with Gasteiger partial charge < -0.3 is 20.5 Å². The minimum absolute atomic E-state index is 0.0435. The van der Waals surface area contributed by atoms with E-state index in [0.29, 0.717) is 10.6 Å². The van der Waals surface area contributed by atoms with Gasteiger partial charge in [-0.1, -0.05) is 60.1 Å². The molecular weight excluding hydrogens is 372 g/mol. The third-order valence-corrected chi connectivity index (χ3v) is 3.90. The molecular formula is C19H19ClN2O5. The van der Waals surface area contributed by atoms with Crippen LogP contribution in [0.2, 0.25) is 5.02 Å². The highest BCUT2D eigenvalue weighted by atomic mass is 35.5. The first kappa shape index (κ1) is 20.3. The van der Waals surface area contributed by atoms with Crippen LogP contribution in [0.1, 0.15) is 11.1 Å². The van der Waals surface area contributed by atoms with Crippen molar-refractivity contribution in [1.29, 1.82) is 0 Å². The van der Waals surface area contributed by atoms with Crippen molar-refractivity contribution < 1.29 is 23.9 Å². The molecule has 0 saturated heterocycles. The number of rotatable bonds is 8. The number of nitrogens with one attached hydrogen (secondary N) is 1. The quantitative estimate of drug-likeness (QED) is 0.672. The molecule has 0 aliphatic rings. The van der Waals surface area contributed by atoms with Crippen LogP contribution in [0.3, 0.4) is 0 Å². The summed E-state index contributed by atoms with van der Waals surface area (Å²) in [5, 5.41) is 2.87. The number of amides is 2. The molecule has 0 radical (unpaired) electrons. The number of esters is 1. The van der Waals surface area contributed by atoms with Gasteiger partial charge in [0.2, 0.25) is 0 Å². The number of primary amides is 1. The topological polar surface area (TPSA) is 108 Å². The van der Waals surface area contributed by atoms with Crippen LogP contribution >= 0.6 is 11.6 Å². The molecule has 27 heavy (non-hydrogen) atoms. The molecule has 1 unspecified atom stereocenters. The van der Waals surface area contributed by atoms with E-state index in [1.54, 1.807) is 36.4 Å². The predicted octanol–water partition coefficient (Wildman–Crippen LogP) is 2.21. The predicted molar refractivity (Wildman–Crippen MR) is 98.9 cm³/mol. The number of alkyl carbamates (subject to hydrolysis) is 1. The summed E-state index contributed by atoms with van der Waals surface area (Å²) in [5.41, 5.74) is 6.41. The van der Waals surface area contributed by atoms with E-state index in [9.17, 15) is 14.4 Å². The largest absolute Gasteiger partial charge is 0.454 e. The number of carbonyl (C=O) groups is 3. The molecule has 7 nitrogen and oxygen atoms in total. The number of halogens is 1. The Morgan fingerprint density at radius 3 is 2.33 bits per heavy atom. The minimum Gasteiger partial charge on any atom is -0.454 e. The average Bonchev–Trinajstić information content (AvgIpc) is 2.66. The van der Waals surface area contributed by atoms with Gasteiger partial charge in [0.1, 0.15) is 12.6 Å². The lowest BCUT2D eigenvalue weighted by molar-refractivity contribution is -0.149. The van der Waals surface area contributed by atoms with Crippen molar-refractivity contribution in [2.45, 2.75) is 19.1 Å². The highest BCUT2D eigenvalue weighted by Gasteiger charge is 2.25. The van der Waals surface area contributed by atoms with Crippen LogP contribution in [-0.4, -0.2) is 30.6 Å². The molecule has 1 atom stereocenters. The molecule has 0 saturated carbocycles. The summed E-state index contributed by atoms with van der Waals surface area (Å²) in [7, 11) is 0. The summed E-state index contributed by atoms with van der Waals surface area (Å²) in [5.74, 6) is -1.61. The van der Waals surface area contributed by atoms with Crippen molar-refractivity contribution in [3.8, 4) is 0 Å². The highest BCUT2D eigenvalue weighted by molar-refractivity contribution is 6.31. The lowest BCUT2D eigenvalue weighted by Gasteiger charge is -2.18. The molecule has 0 bridgehead atoms. The van der Waals surface area contributed by atoms with Gasteiger partial charge in [-0.3, -0.25) is 4.79 Å². The van der Waals surface area contributed by atoms with Gasteiger partial charge in [-0.2, -0.15) is 0 Å². The number of hydrogen-bond donors (Lipinski definition) is 2. The van der Waals surface area contributed by atoms with Gasteiger partial charge >= 0.3 is 12.1 Å². The van der Waals surface area contributed by atoms with Gasteiger partial charge in [0, 0.05) is 11.4 Å². The van der Waals surface area contributed by atoms with E-state index in [1.807, 2.05) is 18.2 Å². The molecule has 2 aromatic rings. The summed E-state index contributed by atoms with van der Waals surface area (Å²) in [6.45, 7) is -0.541. The van der Waals surface area contributed by atoms with Crippen LogP contribution in [-0.2, 0) is 32.1 Å². The number of nitrogens with two attached hydrogens (primary N) is 1. The molecule has 0 spiro atoms. The smallest absolute Gasteiger partial charge is 0.408 e. The molecule has 0 aliphatic carbocycles. The Morgan fingerprint density at radius 1 is 1.00 bits per heavy atom. The lowest BCUT2D eigenvalue weighted by atomic mass is 10.1. The Balaban J connectivity index is 2.01. The second kappa shape index (κ2) is 10.2. The van der Waals surface area contributed by atoms with Crippen LogP contribution in [0.25, 0.3) is 0 Å². The highest BCUT2D eigenvalue weighted by Crippen LogP contribution is 2.17. The van der Waals surface area contributed by atoms with Crippen molar-refractivity contribution in [3.63, 3.8) is 0 Å².